The number of hydrogen-bond acceptors (Lipinski definition) is 3. The van der Waals surface area contributed by atoms with Gasteiger partial charge in [-0.05, 0) is 49.8 Å². The van der Waals surface area contributed by atoms with Gasteiger partial charge in [-0.1, -0.05) is 12.8 Å². The minimum absolute atomic E-state index is 0.344. The quantitative estimate of drug-likeness (QED) is 0.813. The molecule has 0 aromatic heterocycles. The smallest absolute Gasteiger partial charge is 0.337 e. The van der Waals surface area contributed by atoms with Crippen LogP contribution in [-0.2, 0) is 0 Å². The number of piperidine rings is 1. The molecule has 1 saturated heterocycles. The number of benzene rings is 1. The molecule has 4 heteroatoms. The largest absolute Gasteiger partial charge is 0.478 e. The van der Waals surface area contributed by atoms with E-state index >= 15 is 0 Å². The fraction of sp³-hybridized carbons (Fsp3) is 0.562. The number of hydrogen-bond donors (Lipinski definition) is 2. The molecule has 2 aliphatic rings. The number of nitrogens with two attached hydrogens (primary N) is 1. The predicted octanol–water partition coefficient (Wildman–Crippen LogP) is 3.13. The van der Waals surface area contributed by atoms with Gasteiger partial charge in [-0.2, -0.15) is 0 Å². The summed E-state index contributed by atoms with van der Waals surface area (Å²) in [6.07, 6.45) is 7.51. The van der Waals surface area contributed by atoms with Crippen molar-refractivity contribution in [3.8, 4) is 0 Å². The number of carboxylic acid groups (broad SMARTS) is 1. The molecule has 0 amide bonds. The maximum absolute atomic E-state index is 11.5. The van der Waals surface area contributed by atoms with Crippen LogP contribution in [0.25, 0.3) is 0 Å². The van der Waals surface area contributed by atoms with Gasteiger partial charge in [0.2, 0.25) is 0 Å². The number of rotatable bonds is 2. The van der Waals surface area contributed by atoms with Crippen LogP contribution in [0.3, 0.4) is 0 Å². The summed E-state index contributed by atoms with van der Waals surface area (Å²) in [5, 5.41) is 9.43. The Morgan fingerprint density at radius 2 is 1.95 bits per heavy atom. The van der Waals surface area contributed by atoms with Crippen molar-refractivity contribution in [1.29, 1.82) is 0 Å². The minimum Gasteiger partial charge on any atom is -0.478 e. The van der Waals surface area contributed by atoms with Gasteiger partial charge in [0.1, 0.15) is 0 Å². The first-order valence-electron chi connectivity index (χ1n) is 7.56. The number of carbonyl (C=O) groups is 1. The second-order valence-corrected chi connectivity index (χ2v) is 6.03. The van der Waals surface area contributed by atoms with Crippen LogP contribution in [-0.4, -0.2) is 23.7 Å². The van der Waals surface area contributed by atoms with E-state index in [0.717, 1.165) is 24.6 Å². The molecule has 0 bridgehead atoms. The van der Waals surface area contributed by atoms with Crippen LogP contribution < -0.4 is 10.6 Å². The second-order valence-electron chi connectivity index (χ2n) is 6.03. The average molecular weight is 274 g/mol. The molecule has 1 aliphatic carbocycles. The molecule has 108 valence electrons. The molecule has 0 spiro atoms. The summed E-state index contributed by atoms with van der Waals surface area (Å²) in [5.74, 6) is -0.151. The number of anilines is 2. The molecule has 20 heavy (non-hydrogen) atoms. The SMILES string of the molecule is Nc1ccc(N2CCC[C@H]3CCCC[C@H]32)c(C(=O)O)c1. The molecule has 4 nitrogen and oxygen atoms in total. The highest BCUT2D eigenvalue weighted by molar-refractivity contribution is 5.95. The zero-order valence-corrected chi connectivity index (χ0v) is 11.7. The highest BCUT2D eigenvalue weighted by Crippen LogP contribution is 2.39. The van der Waals surface area contributed by atoms with Crippen LogP contribution in [0.15, 0.2) is 18.2 Å². The lowest BCUT2D eigenvalue weighted by Crippen LogP contribution is -2.47. The van der Waals surface area contributed by atoms with Crippen molar-refractivity contribution < 1.29 is 9.90 Å². The van der Waals surface area contributed by atoms with Gasteiger partial charge in [0.05, 0.1) is 11.3 Å². The van der Waals surface area contributed by atoms with Gasteiger partial charge in [-0.25, -0.2) is 4.79 Å². The summed E-state index contributed by atoms with van der Waals surface area (Å²) in [6, 6.07) is 5.80. The van der Waals surface area contributed by atoms with Crippen LogP contribution >= 0.6 is 0 Å². The average Bonchev–Trinajstić information content (AvgIpc) is 2.46. The first-order chi connectivity index (χ1) is 9.66. The van der Waals surface area contributed by atoms with Crippen molar-refractivity contribution in [3.63, 3.8) is 0 Å². The van der Waals surface area contributed by atoms with Crippen LogP contribution in [0.5, 0.6) is 0 Å². The monoisotopic (exact) mass is 274 g/mol. The lowest BCUT2D eigenvalue weighted by Gasteiger charge is -2.45. The summed E-state index contributed by atoms with van der Waals surface area (Å²) in [4.78, 5) is 13.8. The molecule has 1 aliphatic heterocycles. The van der Waals surface area contributed by atoms with E-state index in [1.165, 1.54) is 32.1 Å². The maximum atomic E-state index is 11.5. The molecule has 3 rings (SSSR count). The summed E-state index contributed by atoms with van der Waals surface area (Å²) in [7, 11) is 0. The highest BCUT2D eigenvalue weighted by Gasteiger charge is 2.34. The Bertz CT molecular complexity index is 513. The van der Waals surface area contributed by atoms with Gasteiger partial charge < -0.3 is 15.7 Å². The third-order valence-electron chi connectivity index (χ3n) is 4.80. The van der Waals surface area contributed by atoms with Crippen molar-refractivity contribution >= 4 is 17.3 Å². The van der Waals surface area contributed by atoms with E-state index in [4.69, 9.17) is 5.73 Å². The van der Waals surface area contributed by atoms with E-state index in [9.17, 15) is 9.90 Å². The van der Waals surface area contributed by atoms with E-state index in [2.05, 4.69) is 4.90 Å². The second kappa shape index (κ2) is 5.35. The molecule has 0 unspecified atom stereocenters. The molecule has 2 atom stereocenters. The van der Waals surface area contributed by atoms with Gasteiger partial charge in [0.25, 0.3) is 0 Å². The molecule has 1 saturated carbocycles. The van der Waals surface area contributed by atoms with Gasteiger partial charge in [0.15, 0.2) is 0 Å². The standard InChI is InChI=1S/C16H22N2O2/c17-12-7-8-15(13(10-12)16(19)20)18-9-3-5-11-4-1-2-6-14(11)18/h7-8,10-11,14H,1-6,9,17H2,(H,19,20)/t11-,14-/m1/s1. The normalized spacial score (nSPS) is 26.1. The van der Waals surface area contributed by atoms with Crippen molar-refractivity contribution in [2.45, 2.75) is 44.6 Å². The van der Waals surface area contributed by atoms with Crippen LogP contribution in [0.1, 0.15) is 48.9 Å². The first kappa shape index (κ1) is 13.3. The first-order valence-corrected chi connectivity index (χ1v) is 7.56. The van der Waals surface area contributed by atoms with E-state index in [1.807, 2.05) is 12.1 Å². The zero-order chi connectivity index (χ0) is 14.1. The Labute approximate surface area is 119 Å². The minimum atomic E-state index is -0.884. The summed E-state index contributed by atoms with van der Waals surface area (Å²) < 4.78 is 0. The van der Waals surface area contributed by atoms with Gasteiger partial charge >= 0.3 is 5.97 Å². The third kappa shape index (κ3) is 2.35. The summed E-state index contributed by atoms with van der Waals surface area (Å²) in [6.45, 7) is 0.964. The number of carboxylic acids is 1. The maximum Gasteiger partial charge on any atom is 0.337 e. The molecule has 1 aromatic rings. The van der Waals surface area contributed by atoms with Gasteiger partial charge in [-0.3, -0.25) is 0 Å². The molecular weight excluding hydrogens is 252 g/mol. The van der Waals surface area contributed by atoms with Crippen LogP contribution in [0, 0.1) is 5.92 Å². The van der Waals surface area contributed by atoms with Gasteiger partial charge in [-0.15, -0.1) is 0 Å². The van der Waals surface area contributed by atoms with Crippen molar-refractivity contribution in [1.82, 2.24) is 0 Å². The molecule has 3 N–H and O–H groups in total. The highest BCUT2D eigenvalue weighted by atomic mass is 16.4. The molecule has 1 heterocycles. The molecular formula is C16H22N2O2. The predicted molar refractivity (Wildman–Crippen MR) is 80.1 cm³/mol. The zero-order valence-electron chi connectivity index (χ0n) is 11.7. The van der Waals surface area contributed by atoms with Crippen molar-refractivity contribution in [2.75, 3.05) is 17.2 Å². The van der Waals surface area contributed by atoms with E-state index in [1.54, 1.807) is 6.07 Å². The van der Waals surface area contributed by atoms with E-state index in [-0.39, 0.29) is 0 Å². The topological polar surface area (TPSA) is 66.6 Å². The number of fused-ring (bicyclic) bond motifs is 1. The Kier molecular flexibility index (Phi) is 3.55. The van der Waals surface area contributed by atoms with Crippen LogP contribution in [0.2, 0.25) is 0 Å². The number of nitrogen functional groups attached to an aromatic ring is 1. The van der Waals surface area contributed by atoms with E-state index in [0.29, 0.717) is 17.3 Å². The Hall–Kier alpha value is -1.71. The fourth-order valence-electron chi connectivity index (χ4n) is 3.90. The van der Waals surface area contributed by atoms with Crippen molar-refractivity contribution in [2.24, 2.45) is 5.92 Å². The molecule has 2 fully saturated rings. The fourth-order valence-corrected chi connectivity index (χ4v) is 3.90. The number of nitrogens with zero attached hydrogens (tertiary/aromatic N) is 1. The van der Waals surface area contributed by atoms with Gasteiger partial charge in [0, 0.05) is 18.3 Å². The van der Waals surface area contributed by atoms with E-state index < -0.39 is 5.97 Å². The van der Waals surface area contributed by atoms with Crippen LogP contribution in [0.4, 0.5) is 11.4 Å². The Morgan fingerprint density at radius 3 is 2.75 bits per heavy atom. The number of aromatic carboxylic acids is 1. The lowest BCUT2D eigenvalue weighted by molar-refractivity contribution is 0.0697. The molecule has 0 radical (unpaired) electrons. The summed E-state index contributed by atoms with van der Waals surface area (Å²) in [5.41, 5.74) is 7.46. The lowest BCUT2D eigenvalue weighted by atomic mass is 9.78. The van der Waals surface area contributed by atoms with Crippen molar-refractivity contribution in [3.05, 3.63) is 23.8 Å². The summed E-state index contributed by atoms with van der Waals surface area (Å²) >= 11 is 0. The third-order valence-corrected chi connectivity index (χ3v) is 4.80. The Morgan fingerprint density at radius 1 is 1.20 bits per heavy atom. The molecule has 1 aromatic carbocycles. The Balaban J connectivity index is 1.96.